The number of rotatable bonds is 1. The van der Waals surface area contributed by atoms with Gasteiger partial charge in [-0.25, -0.2) is 4.98 Å². The summed E-state index contributed by atoms with van der Waals surface area (Å²) in [7, 11) is 0. The Morgan fingerprint density at radius 3 is 3.21 bits per heavy atom. The fraction of sp³-hybridized carbons (Fsp3) is 0.556. The lowest BCUT2D eigenvalue weighted by atomic mass is 10.1. The van der Waals surface area contributed by atoms with Gasteiger partial charge in [-0.15, -0.1) is 0 Å². The molecular formula is C9H14N4O. The molecule has 1 atom stereocenters. The molecule has 1 aliphatic rings. The number of nitrogens with two attached hydrogens (primary N) is 1. The zero-order valence-corrected chi connectivity index (χ0v) is 7.94. The lowest BCUT2D eigenvalue weighted by Crippen LogP contribution is -2.43. The molecule has 0 radical (unpaired) electrons. The molecule has 3 N–H and O–H groups in total. The SMILES string of the molecule is NC1CCCN(c2cc(=O)[nH]cn2)C1. The third-order valence-electron chi connectivity index (χ3n) is 2.45. The van der Waals surface area contributed by atoms with Crippen LogP contribution in [0.5, 0.6) is 0 Å². The minimum atomic E-state index is -0.117. The summed E-state index contributed by atoms with van der Waals surface area (Å²) in [5, 5.41) is 0. The van der Waals surface area contributed by atoms with Gasteiger partial charge in [-0.1, -0.05) is 0 Å². The largest absolute Gasteiger partial charge is 0.355 e. The molecule has 2 rings (SSSR count). The second-order valence-corrected chi connectivity index (χ2v) is 3.62. The number of aromatic nitrogens is 2. The maximum Gasteiger partial charge on any atom is 0.252 e. The molecule has 1 aromatic rings. The van der Waals surface area contributed by atoms with E-state index in [4.69, 9.17) is 5.73 Å². The van der Waals surface area contributed by atoms with Gasteiger partial charge in [0.1, 0.15) is 5.82 Å². The van der Waals surface area contributed by atoms with Crippen molar-refractivity contribution in [1.82, 2.24) is 9.97 Å². The maximum atomic E-state index is 11.1. The van der Waals surface area contributed by atoms with Gasteiger partial charge in [0.15, 0.2) is 0 Å². The summed E-state index contributed by atoms with van der Waals surface area (Å²) in [6.45, 7) is 1.72. The van der Waals surface area contributed by atoms with Crippen molar-refractivity contribution in [3.8, 4) is 0 Å². The van der Waals surface area contributed by atoms with Crippen LogP contribution in [0.3, 0.4) is 0 Å². The summed E-state index contributed by atoms with van der Waals surface area (Å²) >= 11 is 0. The van der Waals surface area contributed by atoms with Crippen molar-refractivity contribution < 1.29 is 0 Å². The molecule has 1 fully saturated rings. The third kappa shape index (κ3) is 1.93. The first-order valence-corrected chi connectivity index (χ1v) is 4.81. The van der Waals surface area contributed by atoms with E-state index in [0.29, 0.717) is 0 Å². The van der Waals surface area contributed by atoms with Gasteiger partial charge in [-0.05, 0) is 12.8 Å². The minimum absolute atomic E-state index is 0.117. The van der Waals surface area contributed by atoms with E-state index >= 15 is 0 Å². The Hall–Kier alpha value is -1.36. The molecule has 0 aromatic carbocycles. The molecule has 14 heavy (non-hydrogen) atoms. The topological polar surface area (TPSA) is 75.0 Å². The number of aromatic amines is 1. The summed E-state index contributed by atoms with van der Waals surface area (Å²) in [6, 6.07) is 1.71. The highest BCUT2D eigenvalue weighted by Gasteiger charge is 2.17. The van der Waals surface area contributed by atoms with Gasteiger partial charge < -0.3 is 15.6 Å². The van der Waals surface area contributed by atoms with E-state index in [1.165, 1.54) is 12.4 Å². The molecule has 1 unspecified atom stereocenters. The van der Waals surface area contributed by atoms with Gasteiger partial charge in [0, 0.05) is 25.2 Å². The Morgan fingerprint density at radius 2 is 2.50 bits per heavy atom. The first kappa shape index (κ1) is 9.21. The number of H-pyrrole nitrogens is 1. The molecule has 0 amide bonds. The molecule has 1 aromatic heterocycles. The van der Waals surface area contributed by atoms with Crippen LogP contribution in [-0.2, 0) is 0 Å². The van der Waals surface area contributed by atoms with E-state index in [9.17, 15) is 4.79 Å². The minimum Gasteiger partial charge on any atom is -0.355 e. The number of hydrogen-bond donors (Lipinski definition) is 2. The molecule has 0 bridgehead atoms. The second kappa shape index (κ2) is 3.79. The summed E-state index contributed by atoms with van der Waals surface area (Å²) in [6.07, 6.45) is 3.55. The van der Waals surface area contributed by atoms with Crippen molar-refractivity contribution in [2.75, 3.05) is 18.0 Å². The molecule has 0 aliphatic carbocycles. The third-order valence-corrected chi connectivity index (χ3v) is 2.45. The molecule has 5 nitrogen and oxygen atoms in total. The maximum absolute atomic E-state index is 11.1. The van der Waals surface area contributed by atoms with Crippen molar-refractivity contribution in [1.29, 1.82) is 0 Å². The molecule has 5 heteroatoms. The molecule has 1 saturated heterocycles. The molecule has 2 heterocycles. The molecule has 0 saturated carbocycles. The predicted octanol–water partition coefficient (Wildman–Crippen LogP) is -0.303. The molecule has 1 aliphatic heterocycles. The van der Waals surface area contributed by atoms with Crippen LogP contribution in [0, 0.1) is 0 Å². The average Bonchev–Trinajstić information content (AvgIpc) is 2.18. The van der Waals surface area contributed by atoms with Gasteiger partial charge in [-0.3, -0.25) is 4.79 Å². The lowest BCUT2D eigenvalue weighted by molar-refractivity contribution is 0.503. The summed E-state index contributed by atoms with van der Waals surface area (Å²) in [4.78, 5) is 19.7. The monoisotopic (exact) mass is 194 g/mol. The van der Waals surface area contributed by atoms with Crippen molar-refractivity contribution in [2.45, 2.75) is 18.9 Å². The van der Waals surface area contributed by atoms with Gasteiger partial charge in [0.2, 0.25) is 0 Å². The Bertz CT molecular complexity index is 362. The Morgan fingerprint density at radius 1 is 1.64 bits per heavy atom. The Labute approximate surface area is 82.0 Å². The number of anilines is 1. The highest BCUT2D eigenvalue weighted by molar-refractivity contribution is 5.37. The van der Waals surface area contributed by atoms with Crippen LogP contribution >= 0.6 is 0 Å². The smallest absolute Gasteiger partial charge is 0.252 e. The first-order valence-electron chi connectivity index (χ1n) is 4.81. The van der Waals surface area contributed by atoms with Crippen LogP contribution in [0.2, 0.25) is 0 Å². The zero-order valence-electron chi connectivity index (χ0n) is 7.94. The summed E-state index contributed by atoms with van der Waals surface area (Å²) in [5.74, 6) is 0.726. The summed E-state index contributed by atoms with van der Waals surface area (Å²) < 4.78 is 0. The Kier molecular flexibility index (Phi) is 2.49. The van der Waals surface area contributed by atoms with Crippen LogP contribution in [0.25, 0.3) is 0 Å². The normalized spacial score (nSPS) is 22.4. The van der Waals surface area contributed by atoms with E-state index < -0.39 is 0 Å². The van der Waals surface area contributed by atoms with Crippen LogP contribution < -0.4 is 16.2 Å². The standard InChI is InChI=1S/C9H14N4O/c10-7-2-1-3-13(5-7)8-4-9(14)12-6-11-8/h4,6-7H,1-3,5,10H2,(H,11,12,14). The lowest BCUT2D eigenvalue weighted by Gasteiger charge is -2.31. The quantitative estimate of drug-likeness (QED) is 0.643. The van der Waals surface area contributed by atoms with Crippen LogP contribution in [0.15, 0.2) is 17.2 Å². The number of nitrogens with one attached hydrogen (secondary N) is 1. The van der Waals surface area contributed by atoms with Crippen LogP contribution in [-0.4, -0.2) is 29.1 Å². The summed E-state index contributed by atoms with van der Waals surface area (Å²) in [5.41, 5.74) is 5.73. The van der Waals surface area contributed by atoms with Gasteiger partial charge in [0.25, 0.3) is 5.56 Å². The fourth-order valence-corrected chi connectivity index (χ4v) is 1.75. The molecule has 0 spiro atoms. The van der Waals surface area contributed by atoms with E-state index in [-0.39, 0.29) is 11.6 Å². The van der Waals surface area contributed by atoms with Gasteiger partial charge >= 0.3 is 0 Å². The van der Waals surface area contributed by atoms with Crippen molar-refractivity contribution in [3.05, 3.63) is 22.7 Å². The van der Waals surface area contributed by atoms with Crippen LogP contribution in [0.4, 0.5) is 5.82 Å². The fourth-order valence-electron chi connectivity index (χ4n) is 1.75. The van der Waals surface area contributed by atoms with E-state index in [1.807, 2.05) is 0 Å². The molecular weight excluding hydrogens is 180 g/mol. The van der Waals surface area contributed by atoms with Crippen LogP contribution in [0.1, 0.15) is 12.8 Å². The zero-order chi connectivity index (χ0) is 9.97. The van der Waals surface area contributed by atoms with Crippen molar-refractivity contribution in [2.24, 2.45) is 5.73 Å². The number of piperidine rings is 1. The highest BCUT2D eigenvalue weighted by Crippen LogP contribution is 2.14. The van der Waals surface area contributed by atoms with Gasteiger partial charge in [-0.2, -0.15) is 0 Å². The van der Waals surface area contributed by atoms with E-state index in [2.05, 4.69) is 14.9 Å². The van der Waals surface area contributed by atoms with Crippen molar-refractivity contribution >= 4 is 5.82 Å². The van der Waals surface area contributed by atoms with E-state index in [1.54, 1.807) is 0 Å². The first-order chi connectivity index (χ1) is 6.75. The predicted molar refractivity (Wildman–Crippen MR) is 54.3 cm³/mol. The van der Waals surface area contributed by atoms with Gasteiger partial charge in [0.05, 0.1) is 6.33 Å². The second-order valence-electron chi connectivity index (χ2n) is 3.62. The number of nitrogens with zero attached hydrogens (tertiary/aromatic N) is 2. The number of hydrogen-bond acceptors (Lipinski definition) is 4. The van der Waals surface area contributed by atoms with Crippen molar-refractivity contribution in [3.63, 3.8) is 0 Å². The molecule has 76 valence electrons. The highest BCUT2D eigenvalue weighted by atomic mass is 16.1. The Balaban J connectivity index is 2.18. The van der Waals surface area contributed by atoms with E-state index in [0.717, 1.165) is 31.7 Å². The average molecular weight is 194 g/mol.